The second kappa shape index (κ2) is 3.52. The van der Waals surface area contributed by atoms with E-state index in [9.17, 15) is 0 Å². The molecule has 11 heavy (non-hydrogen) atoms. The highest BCUT2D eigenvalue weighted by Gasteiger charge is 2.24. The molecule has 1 atom stereocenters. The van der Waals surface area contributed by atoms with Gasteiger partial charge in [-0.05, 0) is 6.42 Å². The summed E-state index contributed by atoms with van der Waals surface area (Å²) in [4.78, 5) is 2.48. The summed E-state index contributed by atoms with van der Waals surface area (Å²) in [6, 6.07) is 0.680. The summed E-state index contributed by atoms with van der Waals surface area (Å²) in [6.07, 6.45) is 1.21. The third kappa shape index (κ3) is 1.72. The van der Waals surface area contributed by atoms with E-state index in [1.54, 1.807) is 0 Å². The minimum atomic E-state index is 0.680. The van der Waals surface area contributed by atoms with Crippen molar-refractivity contribution in [3.8, 4) is 0 Å². The molecule has 2 aliphatic heterocycles. The number of nitrogens with zero attached hydrogens (tertiary/aromatic N) is 1. The average Bonchev–Trinajstić information content (AvgIpc) is 2.58. The molecule has 3 nitrogen and oxygen atoms in total. The van der Waals surface area contributed by atoms with Gasteiger partial charge in [-0.1, -0.05) is 0 Å². The van der Waals surface area contributed by atoms with E-state index in [-0.39, 0.29) is 0 Å². The molecule has 0 saturated carbocycles. The van der Waals surface area contributed by atoms with Gasteiger partial charge >= 0.3 is 0 Å². The van der Waals surface area contributed by atoms with Crippen LogP contribution in [0.2, 0.25) is 0 Å². The van der Waals surface area contributed by atoms with E-state index in [1.807, 2.05) is 0 Å². The average molecular weight is 157 g/mol. The molecule has 2 saturated heterocycles. The zero-order valence-corrected chi connectivity index (χ0v) is 6.79. The lowest BCUT2D eigenvalue weighted by atomic mass is 10.2. The van der Waals surface area contributed by atoms with E-state index in [4.69, 9.17) is 9.47 Å². The van der Waals surface area contributed by atoms with Crippen molar-refractivity contribution < 1.29 is 9.47 Å². The van der Waals surface area contributed by atoms with Gasteiger partial charge in [0.15, 0.2) is 0 Å². The van der Waals surface area contributed by atoms with Crippen LogP contribution in [0.25, 0.3) is 0 Å². The smallest absolute Gasteiger partial charge is 0.0622 e. The van der Waals surface area contributed by atoms with Crippen LogP contribution in [0.4, 0.5) is 0 Å². The normalized spacial score (nSPS) is 34.4. The standard InChI is InChI=1S/C8H15NO2/c1-4-11-7-8(1)9-2-5-10-6-3-9/h8H,1-7H2. The van der Waals surface area contributed by atoms with E-state index in [2.05, 4.69) is 4.90 Å². The summed E-state index contributed by atoms with van der Waals surface area (Å²) in [5, 5.41) is 0. The van der Waals surface area contributed by atoms with Gasteiger partial charge in [-0.15, -0.1) is 0 Å². The first-order valence-corrected chi connectivity index (χ1v) is 4.36. The fourth-order valence-electron chi connectivity index (χ4n) is 1.75. The molecule has 0 aliphatic carbocycles. The number of rotatable bonds is 1. The molecule has 0 radical (unpaired) electrons. The Morgan fingerprint density at radius 2 is 1.82 bits per heavy atom. The van der Waals surface area contributed by atoms with Crippen molar-refractivity contribution in [1.82, 2.24) is 4.90 Å². The Kier molecular flexibility index (Phi) is 2.41. The van der Waals surface area contributed by atoms with E-state index >= 15 is 0 Å². The van der Waals surface area contributed by atoms with Crippen LogP contribution in [-0.2, 0) is 9.47 Å². The van der Waals surface area contributed by atoms with Gasteiger partial charge < -0.3 is 9.47 Å². The number of ether oxygens (including phenoxy) is 2. The van der Waals surface area contributed by atoms with Crippen LogP contribution < -0.4 is 0 Å². The van der Waals surface area contributed by atoms with Crippen LogP contribution in [0.1, 0.15) is 6.42 Å². The van der Waals surface area contributed by atoms with E-state index in [0.717, 1.165) is 39.5 Å². The largest absolute Gasteiger partial charge is 0.380 e. The Balaban J connectivity index is 1.82. The Morgan fingerprint density at radius 1 is 1.00 bits per heavy atom. The number of morpholine rings is 1. The molecule has 2 heterocycles. The lowest BCUT2D eigenvalue weighted by molar-refractivity contribution is 0.0142. The zero-order valence-electron chi connectivity index (χ0n) is 6.79. The highest BCUT2D eigenvalue weighted by atomic mass is 16.5. The van der Waals surface area contributed by atoms with Gasteiger partial charge in [0.1, 0.15) is 0 Å². The molecule has 64 valence electrons. The molecule has 1 unspecified atom stereocenters. The molecule has 0 N–H and O–H groups in total. The quantitative estimate of drug-likeness (QED) is 0.539. The Labute approximate surface area is 67.3 Å². The Morgan fingerprint density at radius 3 is 2.45 bits per heavy atom. The highest BCUT2D eigenvalue weighted by molar-refractivity contribution is 4.76. The summed E-state index contributed by atoms with van der Waals surface area (Å²) < 4.78 is 10.6. The first-order valence-electron chi connectivity index (χ1n) is 4.36. The van der Waals surface area contributed by atoms with Crippen molar-refractivity contribution in [3.05, 3.63) is 0 Å². The van der Waals surface area contributed by atoms with Crippen LogP contribution in [0, 0.1) is 0 Å². The van der Waals surface area contributed by atoms with Crippen molar-refractivity contribution in [2.45, 2.75) is 12.5 Å². The van der Waals surface area contributed by atoms with Gasteiger partial charge in [-0.3, -0.25) is 4.90 Å². The molecule has 3 heteroatoms. The maximum atomic E-state index is 5.33. The maximum absolute atomic E-state index is 5.33. The SMILES string of the molecule is C1CN(C2CCOC2)CCO1. The molecule has 2 fully saturated rings. The van der Waals surface area contributed by atoms with Gasteiger partial charge in [-0.25, -0.2) is 0 Å². The summed E-state index contributed by atoms with van der Waals surface area (Å²) in [7, 11) is 0. The van der Waals surface area contributed by atoms with E-state index in [0.29, 0.717) is 6.04 Å². The lowest BCUT2D eigenvalue weighted by Gasteiger charge is -2.30. The fraction of sp³-hybridized carbons (Fsp3) is 1.00. The van der Waals surface area contributed by atoms with E-state index in [1.165, 1.54) is 6.42 Å². The van der Waals surface area contributed by atoms with Crippen molar-refractivity contribution in [2.75, 3.05) is 39.5 Å². The summed E-state index contributed by atoms with van der Waals surface area (Å²) >= 11 is 0. The molecule has 0 spiro atoms. The predicted molar refractivity (Wildman–Crippen MR) is 41.6 cm³/mol. The maximum Gasteiger partial charge on any atom is 0.0622 e. The highest BCUT2D eigenvalue weighted by Crippen LogP contribution is 2.13. The molecule has 0 aromatic heterocycles. The molecular weight excluding hydrogens is 142 g/mol. The second-order valence-corrected chi connectivity index (χ2v) is 3.17. The van der Waals surface area contributed by atoms with Crippen molar-refractivity contribution >= 4 is 0 Å². The van der Waals surface area contributed by atoms with Crippen LogP contribution >= 0.6 is 0 Å². The number of hydrogen-bond donors (Lipinski definition) is 0. The molecule has 0 bridgehead atoms. The van der Waals surface area contributed by atoms with Gasteiger partial charge in [0.25, 0.3) is 0 Å². The first kappa shape index (κ1) is 7.53. The number of hydrogen-bond acceptors (Lipinski definition) is 3. The molecule has 2 aliphatic rings. The lowest BCUT2D eigenvalue weighted by Crippen LogP contribution is -2.43. The van der Waals surface area contributed by atoms with Crippen LogP contribution in [-0.4, -0.2) is 50.5 Å². The molecular formula is C8H15NO2. The van der Waals surface area contributed by atoms with Gasteiger partial charge in [0.05, 0.1) is 19.8 Å². The van der Waals surface area contributed by atoms with Crippen molar-refractivity contribution in [1.29, 1.82) is 0 Å². The van der Waals surface area contributed by atoms with Gasteiger partial charge in [-0.2, -0.15) is 0 Å². The molecule has 0 aromatic carbocycles. The second-order valence-electron chi connectivity index (χ2n) is 3.17. The molecule has 0 aromatic rings. The predicted octanol–water partition coefficient (Wildman–Crippen LogP) is 0.107. The van der Waals surface area contributed by atoms with Crippen molar-refractivity contribution in [3.63, 3.8) is 0 Å². The third-order valence-corrected chi connectivity index (χ3v) is 2.47. The summed E-state index contributed by atoms with van der Waals surface area (Å²) in [6.45, 7) is 5.86. The summed E-state index contributed by atoms with van der Waals surface area (Å²) in [5.41, 5.74) is 0. The molecule has 2 rings (SSSR count). The minimum Gasteiger partial charge on any atom is -0.380 e. The van der Waals surface area contributed by atoms with Crippen LogP contribution in [0.5, 0.6) is 0 Å². The van der Waals surface area contributed by atoms with Crippen molar-refractivity contribution in [2.24, 2.45) is 0 Å². The zero-order chi connectivity index (χ0) is 7.52. The molecule has 0 amide bonds. The minimum absolute atomic E-state index is 0.680. The van der Waals surface area contributed by atoms with Gasteiger partial charge in [0.2, 0.25) is 0 Å². The van der Waals surface area contributed by atoms with Crippen LogP contribution in [0.3, 0.4) is 0 Å². The Hall–Kier alpha value is -0.120. The Bertz CT molecular complexity index is 117. The van der Waals surface area contributed by atoms with E-state index < -0.39 is 0 Å². The topological polar surface area (TPSA) is 21.7 Å². The monoisotopic (exact) mass is 157 g/mol. The van der Waals surface area contributed by atoms with Crippen LogP contribution in [0.15, 0.2) is 0 Å². The summed E-state index contributed by atoms with van der Waals surface area (Å²) in [5.74, 6) is 0. The fourth-order valence-corrected chi connectivity index (χ4v) is 1.75. The third-order valence-electron chi connectivity index (χ3n) is 2.47. The van der Waals surface area contributed by atoms with Gasteiger partial charge in [0, 0.05) is 25.7 Å². The first-order chi connectivity index (χ1) is 5.47.